The number of alkyl halides is 4. The van der Waals surface area contributed by atoms with Gasteiger partial charge < -0.3 is 28.6 Å². The Kier molecular flexibility index (Phi) is 5.26. The van der Waals surface area contributed by atoms with Crippen LogP contribution in [0, 0.1) is 0 Å². The third-order valence-electron chi connectivity index (χ3n) is 3.95. The predicted octanol–water partition coefficient (Wildman–Crippen LogP) is 2.69. The van der Waals surface area contributed by atoms with E-state index in [0.29, 0.717) is 0 Å². The Morgan fingerprint density at radius 3 is 2.14 bits per heavy atom. The molecule has 0 saturated heterocycles. The first-order chi connectivity index (χ1) is 13.5. The van der Waals surface area contributed by atoms with Crippen molar-refractivity contribution in [1.82, 2.24) is 0 Å². The van der Waals surface area contributed by atoms with Gasteiger partial charge in [-0.25, -0.2) is 9.59 Å². The van der Waals surface area contributed by atoms with Crippen molar-refractivity contribution in [1.29, 1.82) is 0 Å². The third-order valence-corrected chi connectivity index (χ3v) is 4.25. The van der Waals surface area contributed by atoms with Crippen LogP contribution in [0.25, 0.3) is 0 Å². The topological polar surface area (TPSA) is 83.5 Å². The summed E-state index contributed by atoms with van der Waals surface area (Å²) in [4.78, 5) is 25.3. The molecule has 8 nitrogen and oxygen atoms in total. The van der Waals surface area contributed by atoms with E-state index in [1.54, 1.807) is 0 Å². The van der Waals surface area contributed by atoms with Crippen LogP contribution in [0.5, 0.6) is 11.5 Å². The van der Waals surface area contributed by atoms with Crippen LogP contribution in [-0.2, 0) is 23.8 Å². The second-order valence-corrected chi connectivity index (χ2v) is 6.11. The van der Waals surface area contributed by atoms with Crippen LogP contribution in [0.15, 0.2) is 23.4 Å². The average molecular weight is 442 g/mol. The number of ether oxygens (including phenoxy) is 5. The standard InChI is InChI=1S/C16H12ClF4NO7/c1-25-13(23)7-5-27-6-22(12(7)14(24)26-2)9-4-11-10(3-8(9)17)28-15(18,19)16(20,21)29-11/h3-4H,5-6H2,1-2H3. The molecule has 0 bridgehead atoms. The minimum absolute atomic E-state index is 0.170. The van der Waals surface area contributed by atoms with E-state index >= 15 is 0 Å². The fourth-order valence-electron chi connectivity index (χ4n) is 2.62. The first kappa shape index (κ1) is 21.0. The van der Waals surface area contributed by atoms with Gasteiger partial charge in [0.15, 0.2) is 11.5 Å². The molecule has 0 amide bonds. The fraction of sp³-hybridized carbons (Fsp3) is 0.375. The molecule has 29 heavy (non-hydrogen) atoms. The smallest absolute Gasteiger partial charge is 0.466 e. The lowest BCUT2D eigenvalue weighted by Crippen LogP contribution is -2.52. The molecule has 0 aliphatic carbocycles. The Hall–Kier alpha value is -2.73. The van der Waals surface area contributed by atoms with E-state index in [0.717, 1.165) is 31.3 Å². The molecule has 13 heteroatoms. The maximum Gasteiger partial charge on any atom is 0.507 e. The molecule has 0 radical (unpaired) electrons. The van der Waals surface area contributed by atoms with E-state index < -0.39 is 35.7 Å². The molecule has 1 aromatic carbocycles. The van der Waals surface area contributed by atoms with Gasteiger partial charge in [0.1, 0.15) is 12.4 Å². The van der Waals surface area contributed by atoms with Gasteiger partial charge in [-0.3, -0.25) is 0 Å². The Bertz CT molecular complexity index is 905. The number of benzene rings is 1. The number of hydrogen-bond acceptors (Lipinski definition) is 8. The lowest BCUT2D eigenvalue weighted by atomic mass is 10.1. The number of hydrogen-bond donors (Lipinski definition) is 0. The van der Waals surface area contributed by atoms with Crippen molar-refractivity contribution in [3.8, 4) is 11.5 Å². The van der Waals surface area contributed by atoms with Crippen LogP contribution in [0.4, 0.5) is 23.2 Å². The highest BCUT2D eigenvalue weighted by Gasteiger charge is 2.66. The average Bonchev–Trinajstić information content (AvgIpc) is 2.66. The molecule has 1 aromatic rings. The number of carbonyl (C=O) groups excluding carboxylic acids is 2. The number of halogens is 5. The Morgan fingerprint density at radius 2 is 1.59 bits per heavy atom. The fourth-order valence-corrected chi connectivity index (χ4v) is 2.88. The van der Waals surface area contributed by atoms with Crippen molar-refractivity contribution < 1.29 is 50.8 Å². The molecule has 0 N–H and O–H groups in total. The lowest BCUT2D eigenvalue weighted by molar-refractivity contribution is -0.391. The van der Waals surface area contributed by atoms with E-state index in [2.05, 4.69) is 18.9 Å². The Labute approximate surface area is 165 Å². The molecule has 2 aliphatic rings. The highest BCUT2D eigenvalue weighted by molar-refractivity contribution is 6.33. The maximum absolute atomic E-state index is 13.5. The van der Waals surface area contributed by atoms with Crippen molar-refractivity contribution in [2.45, 2.75) is 12.2 Å². The van der Waals surface area contributed by atoms with Crippen LogP contribution in [0.3, 0.4) is 0 Å². The van der Waals surface area contributed by atoms with Gasteiger partial charge in [-0.15, -0.1) is 0 Å². The summed E-state index contributed by atoms with van der Waals surface area (Å²) in [5.41, 5.74) is -0.730. The number of methoxy groups -OCH3 is 2. The number of carbonyl (C=O) groups is 2. The lowest BCUT2D eigenvalue weighted by Gasteiger charge is -2.35. The molecule has 0 saturated carbocycles. The van der Waals surface area contributed by atoms with E-state index in [4.69, 9.17) is 16.3 Å². The predicted molar refractivity (Wildman–Crippen MR) is 87.0 cm³/mol. The van der Waals surface area contributed by atoms with Gasteiger partial charge in [-0.2, -0.15) is 17.6 Å². The van der Waals surface area contributed by atoms with Crippen LogP contribution < -0.4 is 14.4 Å². The summed E-state index contributed by atoms with van der Waals surface area (Å²) in [5.74, 6) is -3.40. The molecule has 0 unspecified atom stereocenters. The molecule has 2 aliphatic heterocycles. The van der Waals surface area contributed by atoms with Crippen molar-refractivity contribution in [3.63, 3.8) is 0 Å². The molecular formula is C16H12ClF4NO7. The zero-order chi connectivity index (χ0) is 21.6. The first-order valence-electron chi connectivity index (χ1n) is 7.74. The summed E-state index contributed by atoms with van der Waals surface area (Å²) < 4.78 is 76.3. The molecule has 0 atom stereocenters. The second-order valence-electron chi connectivity index (χ2n) is 5.70. The Morgan fingerprint density at radius 1 is 1.03 bits per heavy atom. The first-order valence-corrected chi connectivity index (χ1v) is 8.12. The minimum atomic E-state index is -4.96. The quantitative estimate of drug-likeness (QED) is 0.523. The van der Waals surface area contributed by atoms with Crippen LogP contribution in [0.1, 0.15) is 0 Å². The highest BCUT2D eigenvalue weighted by atomic mass is 35.5. The van der Waals surface area contributed by atoms with Gasteiger partial charge in [0.05, 0.1) is 37.1 Å². The number of fused-ring (bicyclic) bond motifs is 1. The van der Waals surface area contributed by atoms with Crippen molar-refractivity contribution in [2.24, 2.45) is 0 Å². The van der Waals surface area contributed by atoms with E-state index in [1.807, 2.05) is 0 Å². The van der Waals surface area contributed by atoms with Crippen LogP contribution >= 0.6 is 11.6 Å². The molecule has 2 heterocycles. The second kappa shape index (κ2) is 7.26. The summed E-state index contributed by atoms with van der Waals surface area (Å²) >= 11 is 6.08. The van der Waals surface area contributed by atoms with Crippen LogP contribution in [0.2, 0.25) is 5.02 Å². The molecular weight excluding hydrogens is 430 g/mol. The molecule has 3 rings (SSSR count). The molecule has 0 spiro atoms. The van der Waals surface area contributed by atoms with E-state index in [9.17, 15) is 27.2 Å². The minimum Gasteiger partial charge on any atom is -0.466 e. The largest absolute Gasteiger partial charge is 0.507 e. The summed E-state index contributed by atoms with van der Waals surface area (Å²) in [5, 5.41) is -0.288. The summed E-state index contributed by atoms with van der Waals surface area (Å²) in [6.07, 6.45) is -9.88. The molecule has 0 fully saturated rings. The van der Waals surface area contributed by atoms with Gasteiger partial charge in [0.25, 0.3) is 0 Å². The van der Waals surface area contributed by atoms with Gasteiger partial charge >= 0.3 is 24.2 Å². The van der Waals surface area contributed by atoms with Gasteiger partial charge in [0, 0.05) is 12.1 Å². The normalized spacial score (nSPS) is 19.6. The van der Waals surface area contributed by atoms with Gasteiger partial charge in [-0.1, -0.05) is 11.6 Å². The number of nitrogens with zero attached hydrogens (tertiary/aromatic N) is 1. The Balaban J connectivity index is 2.13. The maximum atomic E-state index is 13.5. The number of rotatable bonds is 3. The van der Waals surface area contributed by atoms with Gasteiger partial charge in [0.2, 0.25) is 0 Å². The van der Waals surface area contributed by atoms with E-state index in [-0.39, 0.29) is 35.3 Å². The third kappa shape index (κ3) is 3.53. The summed E-state index contributed by atoms with van der Waals surface area (Å²) in [7, 11) is 2.12. The number of anilines is 1. The monoisotopic (exact) mass is 441 g/mol. The van der Waals surface area contributed by atoms with Gasteiger partial charge in [-0.05, 0) is 0 Å². The summed E-state index contributed by atoms with van der Waals surface area (Å²) in [6.45, 7) is -0.656. The van der Waals surface area contributed by atoms with E-state index in [1.165, 1.54) is 0 Å². The molecule has 158 valence electrons. The summed E-state index contributed by atoms with van der Waals surface area (Å²) in [6, 6.07) is 1.64. The highest BCUT2D eigenvalue weighted by Crippen LogP contribution is 2.50. The zero-order valence-corrected chi connectivity index (χ0v) is 15.5. The van der Waals surface area contributed by atoms with Crippen molar-refractivity contribution in [2.75, 3.05) is 32.5 Å². The van der Waals surface area contributed by atoms with Crippen LogP contribution in [-0.4, -0.2) is 51.7 Å². The molecule has 0 aromatic heterocycles. The van der Waals surface area contributed by atoms with Crippen molar-refractivity contribution in [3.05, 3.63) is 28.4 Å². The zero-order valence-electron chi connectivity index (χ0n) is 14.8. The SMILES string of the molecule is COC(=O)C1=C(C(=O)OC)N(c2cc3c(cc2Cl)OC(F)(F)C(F)(F)O3)COC1. The number of esters is 2. The van der Waals surface area contributed by atoms with Crippen molar-refractivity contribution >= 4 is 29.2 Å².